The van der Waals surface area contributed by atoms with Crippen molar-refractivity contribution in [1.29, 1.82) is 0 Å². The Balaban J connectivity index is 2.10. The lowest BCUT2D eigenvalue weighted by Crippen LogP contribution is -2.24. The Labute approximate surface area is 116 Å². The summed E-state index contributed by atoms with van der Waals surface area (Å²) in [6.07, 6.45) is 6.21. The predicted molar refractivity (Wildman–Crippen MR) is 75.1 cm³/mol. The van der Waals surface area contributed by atoms with E-state index in [0.717, 1.165) is 32.1 Å². The molecule has 0 spiro atoms. The van der Waals surface area contributed by atoms with Gasteiger partial charge >= 0.3 is 0 Å². The topological polar surface area (TPSA) is 77.0 Å². The molecule has 3 N–H and O–H groups in total. The van der Waals surface area contributed by atoms with Gasteiger partial charge < -0.3 is 10.8 Å². The number of fused-ring (bicyclic) bond motifs is 1. The summed E-state index contributed by atoms with van der Waals surface area (Å²) in [5.74, 6) is 0.399. The zero-order valence-corrected chi connectivity index (χ0v) is 11.3. The number of aliphatic hydroxyl groups excluding tert-OH is 1. The van der Waals surface area contributed by atoms with Gasteiger partial charge in [-0.25, -0.2) is 9.97 Å². The third-order valence-electron chi connectivity index (χ3n) is 3.80. The molecule has 2 heterocycles. The first-order valence-electron chi connectivity index (χ1n) is 6.64. The Kier molecular flexibility index (Phi) is 3.33. The highest BCUT2D eigenvalue weighted by Gasteiger charge is 2.27. The highest BCUT2D eigenvalue weighted by molar-refractivity contribution is 6.31. The van der Waals surface area contributed by atoms with E-state index >= 15 is 0 Å². The first-order chi connectivity index (χ1) is 9.16. The molecule has 1 fully saturated rings. The molecule has 19 heavy (non-hydrogen) atoms. The number of imidazole rings is 1. The van der Waals surface area contributed by atoms with E-state index in [-0.39, 0.29) is 12.1 Å². The minimum Gasteiger partial charge on any atom is -0.391 e. The molecule has 1 saturated carbocycles. The molecule has 0 radical (unpaired) electrons. The lowest BCUT2D eigenvalue weighted by Gasteiger charge is -2.23. The molecule has 0 aliphatic heterocycles. The number of nitrogen functional groups attached to an aromatic ring is 1. The number of nitrogens with zero attached hydrogens (tertiary/aromatic N) is 3. The number of hydrogen-bond acceptors (Lipinski definition) is 4. The van der Waals surface area contributed by atoms with Crippen molar-refractivity contribution in [3.63, 3.8) is 0 Å². The Hall–Kier alpha value is -1.33. The first kappa shape index (κ1) is 12.7. The quantitative estimate of drug-likeness (QED) is 0.787. The van der Waals surface area contributed by atoms with Crippen molar-refractivity contribution in [3.8, 4) is 0 Å². The number of pyridine rings is 1. The Morgan fingerprint density at radius 3 is 2.95 bits per heavy atom. The van der Waals surface area contributed by atoms with E-state index in [1.54, 1.807) is 12.3 Å². The Morgan fingerprint density at radius 2 is 2.11 bits per heavy atom. The fraction of sp³-hybridized carbons (Fsp3) is 0.538. The van der Waals surface area contributed by atoms with Gasteiger partial charge in [0.1, 0.15) is 5.52 Å². The van der Waals surface area contributed by atoms with Crippen molar-refractivity contribution < 1.29 is 5.11 Å². The molecule has 2 aromatic heterocycles. The van der Waals surface area contributed by atoms with Crippen molar-refractivity contribution in [2.75, 3.05) is 5.73 Å². The van der Waals surface area contributed by atoms with E-state index < -0.39 is 0 Å². The summed E-state index contributed by atoms with van der Waals surface area (Å²) in [6.45, 7) is 0. The van der Waals surface area contributed by atoms with Crippen LogP contribution in [0.25, 0.3) is 11.2 Å². The summed E-state index contributed by atoms with van der Waals surface area (Å²) in [7, 11) is 0. The van der Waals surface area contributed by atoms with Crippen LogP contribution in [0.15, 0.2) is 12.3 Å². The standard InChI is InChI=1S/C13H17ClN4O/c14-8-6-9-12(16-7-8)18(13(15)17-9)10-4-2-1-3-5-11(10)19/h6-7,10-11,19H,1-5H2,(H2,15,17). The number of anilines is 1. The van der Waals surface area contributed by atoms with Gasteiger partial charge in [0.05, 0.1) is 17.2 Å². The molecule has 102 valence electrons. The van der Waals surface area contributed by atoms with Crippen molar-refractivity contribution in [2.24, 2.45) is 0 Å². The molecule has 2 unspecified atom stereocenters. The van der Waals surface area contributed by atoms with Crippen LogP contribution in [-0.2, 0) is 0 Å². The van der Waals surface area contributed by atoms with E-state index in [1.165, 1.54) is 0 Å². The maximum Gasteiger partial charge on any atom is 0.202 e. The second-order valence-electron chi connectivity index (χ2n) is 5.11. The van der Waals surface area contributed by atoms with Crippen LogP contribution in [0.4, 0.5) is 5.95 Å². The second kappa shape index (κ2) is 4.98. The molecular formula is C13H17ClN4O. The highest BCUT2D eigenvalue weighted by atomic mass is 35.5. The molecule has 6 heteroatoms. The van der Waals surface area contributed by atoms with E-state index in [4.69, 9.17) is 17.3 Å². The van der Waals surface area contributed by atoms with E-state index in [2.05, 4.69) is 9.97 Å². The zero-order valence-electron chi connectivity index (χ0n) is 10.6. The summed E-state index contributed by atoms with van der Waals surface area (Å²) in [5, 5.41) is 10.8. The molecule has 0 amide bonds. The minimum absolute atomic E-state index is 0.0406. The Morgan fingerprint density at radius 1 is 1.32 bits per heavy atom. The van der Waals surface area contributed by atoms with E-state index in [0.29, 0.717) is 22.1 Å². The fourth-order valence-electron chi connectivity index (χ4n) is 2.87. The average molecular weight is 281 g/mol. The molecule has 2 aromatic rings. The van der Waals surface area contributed by atoms with Crippen molar-refractivity contribution in [2.45, 2.75) is 44.2 Å². The number of halogens is 1. The molecule has 0 bridgehead atoms. The fourth-order valence-corrected chi connectivity index (χ4v) is 3.02. The number of aliphatic hydroxyl groups is 1. The molecule has 3 rings (SSSR count). The third kappa shape index (κ3) is 2.28. The van der Waals surface area contributed by atoms with Crippen LogP contribution in [0, 0.1) is 0 Å². The summed E-state index contributed by atoms with van der Waals surface area (Å²) in [4.78, 5) is 8.62. The van der Waals surface area contributed by atoms with Crippen LogP contribution < -0.4 is 5.73 Å². The van der Waals surface area contributed by atoms with Gasteiger partial charge in [0, 0.05) is 6.20 Å². The summed E-state index contributed by atoms with van der Waals surface area (Å²) in [6, 6.07) is 1.71. The maximum absolute atomic E-state index is 10.3. The number of rotatable bonds is 1. The van der Waals surface area contributed by atoms with Crippen LogP contribution >= 0.6 is 11.6 Å². The van der Waals surface area contributed by atoms with Crippen LogP contribution in [0.5, 0.6) is 0 Å². The molecule has 1 aliphatic carbocycles. The summed E-state index contributed by atoms with van der Waals surface area (Å²) in [5.41, 5.74) is 7.39. The van der Waals surface area contributed by atoms with Gasteiger partial charge in [-0.2, -0.15) is 0 Å². The number of nitrogens with two attached hydrogens (primary N) is 1. The van der Waals surface area contributed by atoms with Gasteiger partial charge in [0.15, 0.2) is 5.65 Å². The van der Waals surface area contributed by atoms with Gasteiger partial charge in [0.25, 0.3) is 0 Å². The van der Waals surface area contributed by atoms with Crippen molar-refractivity contribution in [3.05, 3.63) is 17.3 Å². The number of hydrogen-bond donors (Lipinski definition) is 2. The van der Waals surface area contributed by atoms with Crippen LogP contribution in [0.2, 0.25) is 5.02 Å². The monoisotopic (exact) mass is 280 g/mol. The van der Waals surface area contributed by atoms with Crippen molar-refractivity contribution in [1.82, 2.24) is 14.5 Å². The smallest absolute Gasteiger partial charge is 0.202 e. The normalized spacial score (nSPS) is 24.5. The largest absolute Gasteiger partial charge is 0.391 e. The lowest BCUT2D eigenvalue weighted by atomic mass is 10.1. The summed E-state index contributed by atoms with van der Waals surface area (Å²) >= 11 is 5.92. The molecule has 5 nitrogen and oxygen atoms in total. The van der Waals surface area contributed by atoms with E-state index in [1.807, 2.05) is 4.57 Å². The zero-order chi connectivity index (χ0) is 13.4. The number of aromatic nitrogens is 3. The van der Waals surface area contributed by atoms with Gasteiger partial charge in [-0.15, -0.1) is 0 Å². The second-order valence-corrected chi connectivity index (χ2v) is 5.55. The molecule has 2 atom stereocenters. The van der Waals surface area contributed by atoms with Crippen molar-refractivity contribution >= 4 is 28.7 Å². The summed E-state index contributed by atoms with van der Waals surface area (Å²) < 4.78 is 1.86. The van der Waals surface area contributed by atoms with Crippen LogP contribution in [0.1, 0.15) is 38.1 Å². The molecular weight excluding hydrogens is 264 g/mol. The lowest BCUT2D eigenvalue weighted by molar-refractivity contribution is 0.108. The maximum atomic E-state index is 10.3. The van der Waals surface area contributed by atoms with Gasteiger partial charge in [-0.05, 0) is 18.9 Å². The molecule has 1 aliphatic rings. The van der Waals surface area contributed by atoms with Crippen LogP contribution in [0.3, 0.4) is 0 Å². The van der Waals surface area contributed by atoms with Gasteiger partial charge in [-0.3, -0.25) is 4.57 Å². The highest BCUT2D eigenvalue weighted by Crippen LogP contribution is 2.32. The van der Waals surface area contributed by atoms with Crippen LogP contribution in [-0.4, -0.2) is 25.7 Å². The third-order valence-corrected chi connectivity index (χ3v) is 4.01. The molecule has 0 aromatic carbocycles. The van der Waals surface area contributed by atoms with Gasteiger partial charge in [-0.1, -0.05) is 30.9 Å². The SMILES string of the molecule is Nc1nc2cc(Cl)cnc2n1C1CCCCCC1O. The predicted octanol–water partition coefficient (Wildman–Crippen LogP) is 2.53. The average Bonchev–Trinajstić information content (AvgIpc) is 2.54. The minimum atomic E-state index is -0.389. The van der Waals surface area contributed by atoms with Gasteiger partial charge in [0.2, 0.25) is 5.95 Å². The molecule has 0 saturated heterocycles. The Bertz CT molecular complexity index is 598. The van der Waals surface area contributed by atoms with E-state index in [9.17, 15) is 5.11 Å². The first-order valence-corrected chi connectivity index (χ1v) is 7.01.